The summed E-state index contributed by atoms with van der Waals surface area (Å²) < 4.78 is 1.06. The van der Waals surface area contributed by atoms with Crippen LogP contribution in [0.5, 0.6) is 0 Å². The standard InChI is InChI=1S/C8H7N4O/c9-7-5-3-1-2-4-6(5)12(11-7)8(10)13/h1,3-4H,(H2,9,11)(H2,10,13). The average Bonchev–Trinajstić information content (AvgIpc) is 2.45. The number of anilines is 1. The number of hydrogen-bond donors (Lipinski definition) is 2. The summed E-state index contributed by atoms with van der Waals surface area (Å²) in [5.41, 5.74) is 11.2. The van der Waals surface area contributed by atoms with Crippen LogP contribution in [-0.2, 0) is 0 Å². The van der Waals surface area contributed by atoms with Crippen molar-refractivity contribution in [3.8, 4) is 0 Å². The molecule has 1 radical (unpaired) electrons. The van der Waals surface area contributed by atoms with E-state index >= 15 is 0 Å². The van der Waals surface area contributed by atoms with E-state index in [9.17, 15) is 4.79 Å². The fraction of sp³-hybridized carbons (Fsp3) is 0. The molecule has 13 heavy (non-hydrogen) atoms. The van der Waals surface area contributed by atoms with Gasteiger partial charge in [-0.1, -0.05) is 6.07 Å². The largest absolute Gasteiger partial charge is 0.382 e. The van der Waals surface area contributed by atoms with Crippen LogP contribution in [-0.4, -0.2) is 15.8 Å². The second-order valence-electron chi connectivity index (χ2n) is 2.58. The van der Waals surface area contributed by atoms with Gasteiger partial charge in [0, 0.05) is 5.39 Å². The third-order valence-corrected chi connectivity index (χ3v) is 1.76. The van der Waals surface area contributed by atoms with Gasteiger partial charge in [0.15, 0.2) is 5.82 Å². The van der Waals surface area contributed by atoms with Crippen LogP contribution in [0, 0.1) is 6.07 Å². The molecule has 5 heteroatoms. The van der Waals surface area contributed by atoms with E-state index < -0.39 is 6.03 Å². The summed E-state index contributed by atoms with van der Waals surface area (Å²) in [4.78, 5) is 10.9. The molecular weight excluding hydrogens is 168 g/mol. The van der Waals surface area contributed by atoms with Gasteiger partial charge in [0.1, 0.15) is 0 Å². The third kappa shape index (κ3) is 1.01. The number of fused-ring (bicyclic) bond motifs is 1. The molecule has 2 rings (SSSR count). The van der Waals surface area contributed by atoms with Crippen molar-refractivity contribution >= 4 is 22.8 Å². The molecule has 0 aliphatic carbocycles. The van der Waals surface area contributed by atoms with Gasteiger partial charge in [0.2, 0.25) is 0 Å². The Morgan fingerprint density at radius 1 is 1.62 bits per heavy atom. The minimum Gasteiger partial charge on any atom is -0.382 e. The number of rotatable bonds is 0. The topological polar surface area (TPSA) is 86.9 Å². The number of nitrogen functional groups attached to an aromatic ring is 1. The van der Waals surface area contributed by atoms with Gasteiger partial charge in [-0.2, -0.15) is 4.68 Å². The molecule has 0 aliphatic heterocycles. The first-order chi connectivity index (χ1) is 6.20. The highest BCUT2D eigenvalue weighted by atomic mass is 16.2. The summed E-state index contributed by atoms with van der Waals surface area (Å²) in [6.45, 7) is 0. The highest BCUT2D eigenvalue weighted by Gasteiger charge is 2.09. The summed E-state index contributed by atoms with van der Waals surface area (Å²) in [6.07, 6.45) is 0. The highest BCUT2D eigenvalue weighted by Crippen LogP contribution is 2.18. The van der Waals surface area contributed by atoms with E-state index in [1.54, 1.807) is 18.2 Å². The minimum absolute atomic E-state index is 0.294. The Hall–Kier alpha value is -2.04. The van der Waals surface area contributed by atoms with E-state index in [0.29, 0.717) is 16.7 Å². The first-order valence-electron chi connectivity index (χ1n) is 3.64. The molecule has 0 saturated heterocycles. The zero-order valence-electron chi connectivity index (χ0n) is 6.69. The molecule has 0 aliphatic rings. The van der Waals surface area contributed by atoms with Crippen molar-refractivity contribution in [2.24, 2.45) is 5.73 Å². The van der Waals surface area contributed by atoms with E-state index in [0.717, 1.165) is 4.68 Å². The number of amides is 1. The van der Waals surface area contributed by atoms with E-state index in [1.165, 1.54) is 0 Å². The lowest BCUT2D eigenvalue weighted by Gasteiger charge is -1.93. The second kappa shape index (κ2) is 2.48. The number of benzene rings is 1. The maximum atomic E-state index is 10.9. The van der Waals surface area contributed by atoms with Gasteiger partial charge in [0.05, 0.1) is 5.52 Å². The summed E-state index contributed by atoms with van der Waals surface area (Å²) >= 11 is 0. The van der Waals surface area contributed by atoms with Crippen LogP contribution in [0.2, 0.25) is 0 Å². The molecule has 0 spiro atoms. The van der Waals surface area contributed by atoms with Crippen molar-refractivity contribution in [3.05, 3.63) is 24.3 Å². The van der Waals surface area contributed by atoms with Crippen molar-refractivity contribution in [1.29, 1.82) is 0 Å². The molecule has 65 valence electrons. The monoisotopic (exact) mass is 175 g/mol. The van der Waals surface area contributed by atoms with Crippen LogP contribution in [0.25, 0.3) is 10.9 Å². The molecular formula is C8H7N4O. The van der Waals surface area contributed by atoms with E-state index in [1.807, 2.05) is 0 Å². The SMILES string of the molecule is NC(=O)n1nc(N)c2cc[c]cc21. The lowest BCUT2D eigenvalue weighted by atomic mass is 10.2. The Bertz CT molecular complexity index is 474. The number of primary amides is 1. The van der Waals surface area contributed by atoms with Crippen molar-refractivity contribution < 1.29 is 4.79 Å². The summed E-state index contributed by atoms with van der Waals surface area (Å²) in [5.74, 6) is 0.294. The van der Waals surface area contributed by atoms with Crippen LogP contribution >= 0.6 is 0 Å². The van der Waals surface area contributed by atoms with Crippen LogP contribution in [0.1, 0.15) is 0 Å². The van der Waals surface area contributed by atoms with Gasteiger partial charge in [-0.15, -0.1) is 5.10 Å². The summed E-state index contributed by atoms with van der Waals surface area (Å²) in [7, 11) is 0. The molecule has 0 fully saturated rings. The van der Waals surface area contributed by atoms with Crippen molar-refractivity contribution in [2.45, 2.75) is 0 Å². The van der Waals surface area contributed by atoms with Crippen LogP contribution in [0.15, 0.2) is 18.2 Å². The Morgan fingerprint density at radius 2 is 2.38 bits per heavy atom. The van der Waals surface area contributed by atoms with Gasteiger partial charge in [-0.25, -0.2) is 4.79 Å². The van der Waals surface area contributed by atoms with Crippen molar-refractivity contribution in [3.63, 3.8) is 0 Å². The third-order valence-electron chi connectivity index (χ3n) is 1.76. The molecule has 1 aromatic carbocycles. The van der Waals surface area contributed by atoms with Crippen molar-refractivity contribution in [1.82, 2.24) is 9.78 Å². The Labute approximate surface area is 73.9 Å². The van der Waals surface area contributed by atoms with E-state index in [2.05, 4.69) is 11.2 Å². The Morgan fingerprint density at radius 3 is 3.08 bits per heavy atom. The van der Waals surface area contributed by atoms with Gasteiger partial charge in [0.25, 0.3) is 0 Å². The van der Waals surface area contributed by atoms with Crippen LogP contribution < -0.4 is 11.5 Å². The first kappa shape index (κ1) is 7.60. The fourth-order valence-corrected chi connectivity index (χ4v) is 1.20. The van der Waals surface area contributed by atoms with Crippen molar-refractivity contribution in [2.75, 3.05) is 5.73 Å². The van der Waals surface area contributed by atoms with Crippen LogP contribution in [0.3, 0.4) is 0 Å². The molecule has 0 saturated carbocycles. The maximum absolute atomic E-state index is 10.9. The second-order valence-corrected chi connectivity index (χ2v) is 2.58. The summed E-state index contributed by atoms with van der Waals surface area (Å²) in [6, 6.07) is 7.22. The predicted octanol–water partition coefficient (Wildman–Crippen LogP) is 0.345. The summed E-state index contributed by atoms with van der Waals surface area (Å²) in [5, 5.41) is 4.50. The zero-order valence-corrected chi connectivity index (χ0v) is 6.69. The number of hydrogen-bond acceptors (Lipinski definition) is 3. The minimum atomic E-state index is -0.652. The average molecular weight is 175 g/mol. The zero-order chi connectivity index (χ0) is 9.42. The molecule has 1 amide bonds. The lowest BCUT2D eigenvalue weighted by molar-refractivity contribution is 0.248. The van der Waals surface area contributed by atoms with Gasteiger partial charge >= 0.3 is 6.03 Å². The number of aromatic nitrogens is 2. The normalized spacial score (nSPS) is 10.5. The smallest absolute Gasteiger partial charge is 0.340 e. The Kier molecular flexibility index (Phi) is 1.45. The first-order valence-corrected chi connectivity index (χ1v) is 3.64. The fourth-order valence-electron chi connectivity index (χ4n) is 1.20. The van der Waals surface area contributed by atoms with E-state index in [-0.39, 0.29) is 0 Å². The Balaban J connectivity index is 2.85. The quantitative estimate of drug-likeness (QED) is 0.605. The van der Waals surface area contributed by atoms with Crippen LogP contribution in [0.4, 0.5) is 10.6 Å². The number of carbonyl (C=O) groups is 1. The lowest BCUT2D eigenvalue weighted by Crippen LogP contribution is -2.20. The van der Waals surface area contributed by atoms with Gasteiger partial charge < -0.3 is 11.5 Å². The number of nitrogens with two attached hydrogens (primary N) is 2. The number of nitrogens with zero attached hydrogens (tertiary/aromatic N) is 2. The molecule has 1 heterocycles. The highest BCUT2D eigenvalue weighted by molar-refractivity contribution is 5.95. The molecule has 1 aromatic heterocycles. The molecule has 2 aromatic rings. The van der Waals surface area contributed by atoms with Gasteiger partial charge in [-0.3, -0.25) is 0 Å². The predicted molar refractivity (Wildman–Crippen MR) is 48.0 cm³/mol. The molecule has 5 nitrogen and oxygen atoms in total. The molecule has 4 N–H and O–H groups in total. The molecule has 0 bridgehead atoms. The van der Waals surface area contributed by atoms with Gasteiger partial charge in [-0.05, 0) is 18.2 Å². The van der Waals surface area contributed by atoms with E-state index in [4.69, 9.17) is 11.5 Å². The molecule has 0 unspecified atom stereocenters. The molecule has 0 atom stereocenters. The number of carbonyl (C=O) groups excluding carboxylic acids is 1. The maximum Gasteiger partial charge on any atom is 0.340 e.